The van der Waals surface area contributed by atoms with Crippen LogP contribution in [-0.4, -0.2) is 13.1 Å². The van der Waals surface area contributed by atoms with Gasteiger partial charge in [0, 0.05) is 6.54 Å². The molecule has 0 spiro atoms. The Morgan fingerprint density at radius 2 is 2.45 bits per heavy atom. The Hall–Kier alpha value is -0.0400. The van der Waals surface area contributed by atoms with Crippen molar-refractivity contribution in [1.82, 2.24) is 5.32 Å². The first-order chi connectivity index (χ1) is 5.35. The van der Waals surface area contributed by atoms with E-state index in [1.807, 2.05) is 0 Å². The summed E-state index contributed by atoms with van der Waals surface area (Å²) in [5.74, 6) is 1.02. The highest BCUT2D eigenvalue weighted by atomic mass is 14.9. The molecule has 64 valence electrons. The third kappa shape index (κ3) is 1.31. The van der Waals surface area contributed by atoms with Gasteiger partial charge in [0.2, 0.25) is 0 Å². The number of piperidine rings is 1. The van der Waals surface area contributed by atoms with Crippen molar-refractivity contribution in [2.24, 2.45) is 11.3 Å². The van der Waals surface area contributed by atoms with Crippen LogP contribution < -0.4 is 5.32 Å². The summed E-state index contributed by atoms with van der Waals surface area (Å²) in [4.78, 5) is 0. The fourth-order valence-corrected chi connectivity index (χ4v) is 3.05. The number of nitrogens with one attached hydrogen (secondary N) is 1. The first-order valence-corrected chi connectivity index (χ1v) is 5.05. The van der Waals surface area contributed by atoms with Crippen LogP contribution in [0, 0.1) is 11.3 Å². The van der Waals surface area contributed by atoms with Gasteiger partial charge in [0.15, 0.2) is 0 Å². The van der Waals surface area contributed by atoms with E-state index >= 15 is 0 Å². The summed E-state index contributed by atoms with van der Waals surface area (Å²) < 4.78 is 0. The molecule has 1 aliphatic heterocycles. The molecule has 1 saturated heterocycles. The molecule has 2 bridgehead atoms. The minimum atomic E-state index is 0.734. The van der Waals surface area contributed by atoms with Crippen molar-refractivity contribution in [3.8, 4) is 0 Å². The molecule has 2 unspecified atom stereocenters. The van der Waals surface area contributed by atoms with E-state index in [0.29, 0.717) is 0 Å². The van der Waals surface area contributed by atoms with Crippen molar-refractivity contribution in [3.63, 3.8) is 0 Å². The molecule has 0 aromatic rings. The summed E-state index contributed by atoms with van der Waals surface area (Å²) in [5, 5.41) is 3.57. The molecule has 1 aliphatic carbocycles. The lowest BCUT2D eigenvalue weighted by Crippen LogP contribution is -2.38. The molecule has 2 aliphatic rings. The van der Waals surface area contributed by atoms with Gasteiger partial charge in [-0.3, -0.25) is 0 Å². The fourth-order valence-electron chi connectivity index (χ4n) is 3.05. The highest BCUT2D eigenvalue weighted by molar-refractivity contribution is 4.94. The number of hydrogen-bond donors (Lipinski definition) is 1. The van der Waals surface area contributed by atoms with Gasteiger partial charge in [-0.05, 0) is 43.6 Å². The van der Waals surface area contributed by atoms with E-state index in [4.69, 9.17) is 0 Å². The standard InChI is InChI=1S/C10H19N/c1-2-4-10-5-3-9(6-10)7-11-8-10/h9,11H,2-8H2,1H3. The van der Waals surface area contributed by atoms with Crippen LogP contribution in [0.5, 0.6) is 0 Å². The van der Waals surface area contributed by atoms with E-state index in [1.54, 1.807) is 0 Å². The Bertz CT molecular complexity index is 134. The third-order valence-electron chi connectivity index (χ3n) is 3.52. The molecule has 0 amide bonds. The molecule has 1 heteroatoms. The molecule has 1 nitrogen and oxygen atoms in total. The number of fused-ring (bicyclic) bond motifs is 2. The summed E-state index contributed by atoms with van der Waals surface area (Å²) in [6.45, 7) is 4.92. The molecule has 1 heterocycles. The van der Waals surface area contributed by atoms with Crippen molar-refractivity contribution in [3.05, 3.63) is 0 Å². The molecule has 2 fully saturated rings. The van der Waals surface area contributed by atoms with E-state index in [9.17, 15) is 0 Å². The van der Waals surface area contributed by atoms with E-state index in [-0.39, 0.29) is 0 Å². The number of rotatable bonds is 2. The monoisotopic (exact) mass is 153 g/mol. The second-order valence-electron chi connectivity index (χ2n) is 4.49. The molecule has 1 saturated carbocycles. The zero-order valence-electron chi connectivity index (χ0n) is 7.53. The largest absolute Gasteiger partial charge is 0.316 e. The van der Waals surface area contributed by atoms with Gasteiger partial charge in [-0.2, -0.15) is 0 Å². The average Bonchev–Trinajstić information content (AvgIpc) is 2.28. The molecule has 0 aromatic heterocycles. The van der Waals surface area contributed by atoms with E-state index in [0.717, 1.165) is 11.3 Å². The highest BCUT2D eigenvalue weighted by Crippen LogP contribution is 2.46. The SMILES string of the molecule is CCCC12CCC(CNC1)C2. The summed E-state index contributed by atoms with van der Waals surface area (Å²) >= 11 is 0. The van der Waals surface area contributed by atoms with Crippen LogP contribution in [0.4, 0.5) is 0 Å². The van der Waals surface area contributed by atoms with Crippen LogP contribution in [0.3, 0.4) is 0 Å². The van der Waals surface area contributed by atoms with Crippen LogP contribution in [-0.2, 0) is 0 Å². The minimum absolute atomic E-state index is 0.734. The summed E-state index contributed by atoms with van der Waals surface area (Å²) in [6.07, 6.45) is 7.34. The van der Waals surface area contributed by atoms with Gasteiger partial charge in [-0.1, -0.05) is 13.3 Å². The zero-order chi connectivity index (χ0) is 7.73. The molecular weight excluding hydrogens is 134 g/mol. The second-order valence-corrected chi connectivity index (χ2v) is 4.49. The normalized spacial score (nSPS) is 42.8. The Labute approximate surface area is 69.6 Å². The van der Waals surface area contributed by atoms with Gasteiger partial charge in [0.1, 0.15) is 0 Å². The molecule has 0 radical (unpaired) electrons. The van der Waals surface area contributed by atoms with Gasteiger partial charge < -0.3 is 5.32 Å². The predicted molar refractivity (Wildman–Crippen MR) is 47.6 cm³/mol. The maximum absolute atomic E-state index is 3.57. The Balaban J connectivity index is 2.01. The Morgan fingerprint density at radius 1 is 1.55 bits per heavy atom. The first kappa shape index (κ1) is 7.60. The van der Waals surface area contributed by atoms with Crippen LogP contribution >= 0.6 is 0 Å². The van der Waals surface area contributed by atoms with Crippen molar-refractivity contribution < 1.29 is 0 Å². The van der Waals surface area contributed by atoms with Gasteiger partial charge in [-0.25, -0.2) is 0 Å². The van der Waals surface area contributed by atoms with E-state index in [1.165, 1.54) is 45.2 Å². The zero-order valence-corrected chi connectivity index (χ0v) is 7.53. The van der Waals surface area contributed by atoms with Crippen molar-refractivity contribution in [2.45, 2.75) is 39.0 Å². The molecule has 2 rings (SSSR count). The lowest BCUT2D eigenvalue weighted by molar-refractivity contribution is 0.212. The molecule has 0 aromatic carbocycles. The smallest absolute Gasteiger partial charge is 0.000803 e. The molecule has 2 atom stereocenters. The summed E-state index contributed by atoms with van der Waals surface area (Å²) in [7, 11) is 0. The van der Waals surface area contributed by atoms with Crippen LogP contribution in [0.25, 0.3) is 0 Å². The topological polar surface area (TPSA) is 12.0 Å². The lowest BCUT2D eigenvalue weighted by Gasteiger charge is -2.33. The average molecular weight is 153 g/mol. The number of hydrogen-bond acceptors (Lipinski definition) is 1. The van der Waals surface area contributed by atoms with Crippen molar-refractivity contribution in [1.29, 1.82) is 0 Å². The minimum Gasteiger partial charge on any atom is -0.316 e. The predicted octanol–water partition coefficient (Wildman–Crippen LogP) is 2.18. The van der Waals surface area contributed by atoms with E-state index in [2.05, 4.69) is 12.2 Å². The van der Waals surface area contributed by atoms with Gasteiger partial charge in [0.05, 0.1) is 0 Å². The van der Waals surface area contributed by atoms with Crippen LogP contribution in [0.1, 0.15) is 39.0 Å². The highest BCUT2D eigenvalue weighted by Gasteiger charge is 2.40. The maximum atomic E-state index is 3.57. The maximum Gasteiger partial charge on any atom is 0.000803 e. The molecule has 11 heavy (non-hydrogen) atoms. The van der Waals surface area contributed by atoms with Crippen LogP contribution in [0.2, 0.25) is 0 Å². The van der Waals surface area contributed by atoms with Gasteiger partial charge >= 0.3 is 0 Å². The summed E-state index contributed by atoms with van der Waals surface area (Å²) in [6, 6.07) is 0. The quantitative estimate of drug-likeness (QED) is 0.641. The first-order valence-electron chi connectivity index (χ1n) is 5.05. The van der Waals surface area contributed by atoms with Gasteiger partial charge in [0.25, 0.3) is 0 Å². The van der Waals surface area contributed by atoms with Gasteiger partial charge in [-0.15, -0.1) is 0 Å². The Morgan fingerprint density at radius 3 is 3.27 bits per heavy atom. The van der Waals surface area contributed by atoms with Crippen molar-refractivity contribution >= 4 is 0 Å². The lowest BCUT2D eigenvalue weighted by atomic mass is 9.79. The molecular formula is C10H19N. The third-order valence-corrected chi connectivity index (χ3v) is 3.52. The second kappa shape index (κ2) is 2.78. The molecule has 1 N–H and O–H groups in total. The van der Waals surface area contributed by atoms with Crippen molar-refractivity contribution in [2.75, 3.05) is 13.1 Å². The summed E-state index contributed by atoms with van der Waals surface area (Å²) in [5.41, 5.74) is 0.734. The van der Waals surface area contributed by atoms with Crippen LogP contribution in [0.15, 0.2) is 0 Å². The Kier molecular flexibility index (Phi) is 1.92. The fraction of sp³-hybridized carbons (Fsp3) is 1.00. The van der Waals surface area contributed by atoms with E-state index < -0.39 is 0 Å².